The first-order valence-electron chi connectivity index (χ1n) is 11.8. The largest absolute Gasteiger partial charge is 0.496 e. The second-order valence-electron chi connectivity index (χ2n) is 9.38. The molecule has 10 nitrogen and oxygen atoms in total. The SMILES string of the molecule is COc1cc2c(cc1-c1c(C)noc1C)[nH]c1nc(C3CN(S(=O)(=O)c4ccc(C)cc4)C3)nc(O)c12. The molecular formula is C26H25N5O5S. The standard InChI is InChI=1S/C26H25N5O5S/c1-13-5-7-17(8-6-13)37(33,34)31-11-16(12-31)24-28-25-23(26(32)29-24)18-10-21(35-4)19(9-20(18)27-25)22-14(2)30-36-15(22)3/h5-10,16H,11-12H2,1-4H3,(H2,27,28,29,32). The number of hydrogen-bond acceptors (Lipinski definition) is 8. The van der Waals surface area contributed by atoms with E-state index >= 15 is 0 Å². The summed E-state index contributed by atoms with van der Waals surface area (Å²) in [6.07, 6.45) is 0. The van der Waals surface area contributed by atoms with Crippen LogP contribution in [0.2, 0.25) is 0 Å². The number of hydrogen-bond donors (Lipinski definition) is 2. The third-order valence-electron chi connectivity index (χ3n) is 6.94. The molecule has 0 bridgehead atoms. The van der Waals surface area contributed by atoms with Crippen LogP contribution >= 0.6 is 0 Å². The lowest BCUT2D eigenvalue weighted by molar-refractivity contribution is 0.255. The van der Waals surface area contributed by atoms with Gasteiger partial charge in [-0.1, -0.05) is 22.9 Å². The van der Waals surface area contributed by atoms with Crippen LogP contribution in [0.3, 0.4) is 0 Å². The summed E-state index contributed by atoms with van der Waals surface area (Å²) >= 11 is 0. The number of aryl methyl sites for hydroxylation is 3. The molecule has 1 aliphatic rings. The first-order chi connectivity index (χ1) is 17.7. The van der Waals surface area contributed by atoms with Crippen molar-refractivity contribution in [2.75, 3.05) is 20.2 Å². The Morgan fingerprint density at radius 3 is 2.49 bits per heavy atom. The molecule has 1 aliphatic heterocycles. The van der Waals surface area contributed by atoms with Crippen LogP contribution in [0.25, 0.3) is 33.1 Å². The number of nitrogens with zero attached hydrogens (tertiary/aromatic N) is 4. The number of fused-ring (bicyclic) bond motifs is 3. The van der Waals surface area contributed by atoms with Crippen LogP contribution in [-0.2, 0) is 10.0 Å². The van der Waals surface area contributed by atoms with Gasteiger partial charge in [-0.3, -0.25) is 0 Å². The fraction of sp³-hybridized carbons (Fsp3) is 0.269. The molecule has 0 spiro atoms. The lowest BCUT2D eigenvalue weighted by Crippen LogP contribution is -2.48. The molecule has 190 valence electrons. The summed E-state index contributed by atoms with van der Waals surface area (Å²) in [6, 6.07) is 10.5. The van der Waals surface area contributed by atoms with Crippen molar-refractivity contribution < 1.29 is 22.8 Å². The summed E-state index contributed by atoms with van der Waals surface area (Å²) in [7, 11) is -2.01. The van der Waals surface area contributed by atoms with Gasteiger partial charge in [0.25, 0.3) is 0 Å². The van der Waals surface area contributed by atoms with E-state index < -0.39 is 10.0 Å². The third-order valence-corrected chi connectivity index (χ3v) is 8.79. The molecule has 0 unspecified atom stereocenters. The molecule has 4 heterocycles. The van der Waals surface area contributed by atoms with Gasteiger partial charge in [-0.15, -0.1) is 0 Å². The molecule has 1 fully saturated rings. The second-order valence-corrected chi connectivity index (χ2v) is 11.3. The average Bonchev–Trinajstić information content (AvgIpc) is 3.35. The first kappa shape index (κ1) is 23.4. The van der Waals surface area contributed by atoms with Crippen molar-refractivity contribution >= 4 is 32.0 Å². The van der Waals surface area contributed by atoms with E-state index in [-0.39, 0.29) is 29.8 Å². The van der Waals surface area contributed by atoms with Gasteiger partial charge >= 0.3 is 0 Å². The van der Waals surface area contributed by atoms with E-state index in [1.165, 1.54) is 4.31 Å². The van der Waals surface area contributed by atoms with Crippen LogP contribution in [0.1, 0.15) is 28.8 Å². The Kier molecular flexibility index (Phi) is 5.25. The van der Waals surface area contributed by atoms with Gasteiger partial charge in [0.1, 0.15) is 23.0 Å². The molecule has 1 saturated heterocycles. The summed E-state index contributed by atoms with van der Waals surface area (Å²) < 4.78 is 38.3. The number of ether oxygens (including phenoxy) is 1. The molecular weight excluding hydrogens is 494 g/mol. The minimum absolute atomic E-state index is 0.168. The minimum Gasteiger partial charge on any atom is -0.496 e. The number of H-pyrrole nitrogens is 1. The fourth-order valence-electron chi connectivity index (χ4n) is 4.89. The molecule has 0 radical (unpaired) electrons. The van der Waals surface area contributed by atoms with E-state index in [9.17, 15) is 13.5 Å². The van der Waals surface area contributed by atoms with Crippen LogP contribution < -0.4 is 4.74 Å². The highest BCUT2D eigenvalue weighted by Gasteiger charge is 2.39. The van der Waals surface area contributed by atoms with E-state index in [0.717, 1.165) is 27.9 Å². The Hall–Kier alpha value is -3.96. The van der Waals surface area contributed by atoms with E-state index in [1.807, 2.05) is 32.9 Å². The smallest absolute Gasteiger partial charge is 0.243 e. The zero-order valence-electron chi connectivity index (χ0n) is 20.7. The van der Waals surface area contributed by atoms with Crippen molar-refractivity contribution in [3.8, 4) is 22.8 Å². The summed E-state index contributed by atoms with van der Waals surface area (Å²) in [6.45, 7) is 6.10. The molecule has 0 aliphatic carbocycles. The van der Waals surface area contributed by atoms with Gasteiger partial charge < -0.3 is 19.4 Å². The van der Waals surface area contributed by atoms with Crippen molar-refractivity contribution in [1.29, 1.82) is 0 Å². The number of aromatic amines is 1. The van der Waals surface area contributed by atoms with E-state index in [2.05, 4.69) is 20.1 Å². The molecule has 2 N–H and O–H groups in total. The van der Waals surface area contributed by atoms with E-state index in [1.54, 1.807) is 31.4 Å². The van der Waals surface area contributed by atoms with Crippen LogP contribution in [0, 0.1) is 20.8 Å². The number of sulfonamides is 1. The monoisotopic (exact) mass is 519 g/mol. The highest BCUT2D eigenvalue weighted by molar-refractivity contribution is 7.89. The fourth-order valence-corrected chi connectivity index (χ4v) is 6.42. The summed E-state index contributed by atoms with van der Waals surface area (Å²) in [5.41, 5.74) is 4.60. The predicted molar refractivity (Wildman–Crippen MR) is 137 cm³/mol. The van der Waals surface area contributed by atoms with Crippen molar-refractivity contribution in [2.45, 2.75) is 31.6 Å². The molecule has 0 atom stereocenters. The maximum Gasteiger partial charge on any atom is 0.243 e. The average molecular weight is 520 g/mol. The molecule has 37 heavy (non-hydrogen) atoms. The maximum atomic E-state index is 12.9. The third kappa shape index (κ3) is 3.65. The number of benzene rings is 2. The van der Waals surface area contributed by atoms with Crippen LogP contribution in [0.4, 0.5) is 0 Å². The minimum atomic E-state index is -3.59. The Bertz CT molecular complexity index is 1760. The second kappa shape index (κ2) is 8.29. The lowest BCUT2D eigenvalue weighted by Gasteiger charge is -2.37. The quantitative estimate of drug-likeness (QED) is 0.353. The van der Waals surface area contributed by atoms with Gasteiger partial charge in [0.2, 0.25) is 15.9 Å². The number of aromatic nitrogens is 4. The van der Waals surface area contributed by atoms with Crippen molar-refractivity contribution in [1.82, 2.24) is 24.4 Å². The normalized spacial score (nSPS) is 14.9. The van der Waals surface area contributed by atoms with Gasteiger partial charge in [-0.2, -0.15) is 9.29 Å². The molecule has 6 rings (SSSR count). The number of methoxy groups -OCH3 is 1. The molecule has 5 aromatic rings. The van der Waals surface area contributed by atoms with Gasteiger partial charge in [-0.25, -0.2) is 13.4 Å². The zero-order valence-corrected chi connectivity index (χ0v) is 21.5. The number of rotatable bonds is 5. The van der Waals surface area contributed by atoms with Gasteiger partial charge in [-0.05, 0) is 45.0 Å². The highest BCUT2D eigenvalue weighted by atomic mass is 32.2. The first-order valence-corrected chi connectivity index (χ1v) is 13.2. The van der Waals surface area contributed by atoms with Crippen LogP contribution in [-0.4, -0.2) is 58.1 Å². The Morgan fingerprint density at radius 1 is 1.11 bits per heavy atom. The summed E-state index contributed by atoms with van der Waals surface area (Å²) in [4.78, 5) is 12.5. The van der Waals surface area contributed by atoms with Crippen LogP contribution in [0.15, 0.2) is 45.8 Å². The molecule has 0 saturated carbocycles. The summed E-state index contributed by atoms with van der Waals surface area (Å²) in [5.74, 6) is 1.27. The summed E-state index contributed by atoms with van der Waals surface area (Å²) in [5, 5.41) is 16.1. The van der Waals surface area contributed by atoms with Gasteiger partial charge in [0.05, 0.1) is 28.6 Å². The lowest BCUT2D eigenvalue weighted by atomic mass is 10.0. The maximum absolute atomic E-state index is 12.9. The Balaban J connectivity index is 1.35. The van der Waals surface area contributed by atoms with Crippen molar-refractivity contribution in [2.24, 2.45) is 0 Å². The molecule has 0 amide bonds. The van der Waals surface area contributed by atoms with Crippen molar-refractivity contribution in [3.05, 3.63) is 59.2 Å². The molecule has 3 aromatic heterocycles. The highest BCUT2D eigenvalue weighted by Crippen LogP contribution is 2.41. The Morgan fingerprint density at radius 2 is 1.84 bits per heavy atom. The number of nitrogens with one attached hydrogen (secondary N) is 1. The van der Waals surface area contributed by atoms with E-state index in [4.69, 9.17) is 9.26 Å². The predicted octanol–water partition coefficient (Wildman–Crippen LogP) is 4.19. The number of aromatic hydroxyl groups is 1. The zero-order chi connectivity index (χ0) is 26.1. The topological polar surface area (TPSA) is 134 Å². The van der Waals surface area contributed by atoms with Gasteiger partial charge in [0, 0.05) is 35.5 Å². The molecule has 2 aromatic carbocycles. The van der Waals surface area contributed by atoms with E-state index in [0.29, 0.717) is 33.8 Å². The van der Waals surface area contributed by atoms with Crippen molar-refractivity contribution in [3.63, 3.8) is 0 Å². The molecule has 11 heteroatoms. The Labute approximate surface area is 212 Å². The van der Waals surface area contributed by atoms with Crippen LogP contribution in [0.5, 0.6) is 11.6 Å². The van der Waals surface area contributed by atoms with Gasteiger partial charge in [0.15, 0.2) is 0 Å².